The van der Waals surface area contributed by atoms with Crippen LogP contribution in [0.1, 0.15) is 64.7 Å². The van der Waals surface area contributed by atoms with Gasteiger partial charge in [0.1, 0.15) is 0 Å². The third kappa shape index (κ3) is 3.86. The third-order valence-electron chi connectivity index (χ3n) is 5.85. The monoisotopic (exact) mass is 278 g/mol. The molecule has 1 N–H and O–H groups in total. The Kier molecular flexibility index (Phi) is 5.68. The topological polar surface area (TPSA) is 37.3 Å². The number of hydrogen-bond donors (Lipinski definition) is 1. The van der Waals surface area contributed by atoms with Gasteiger partial charge in [-0.3, -0.25) is 4.79 Å². The summed E-state index contributed by atoms with van der Waals surface area (Å²) in [6, 6.07) is 0. The Hall–Kier alpha value is -0.790. The molecule has 0 radical (unpaired) electrons. The van der Waals surface area contributed by atoms with Gasteiger partial charge in [0.2, 0.25) is 0 Å². The van der Waals surface area contributed by atoms with Crippen LogP contribution in [0.2, 0.25) is 0 Å². The molecule has 114 valence electrons. The first-order valence-corrected chi connectivity index (χ1v) is 8.45. The second-order valence-corrected chi connectivity index (χ2v) is 7.16. The molecule has 0 aromatic carbocycles. The predicted molar refractivity (Wildman–Crippen MR) is 82.5 cm³/mol. The summed E-state index contributed by atoms with van der Waals surface area (Å²) in [5, 5.41) is 9.35. The van der Waals surface area contributed by atoms with Gasteiger partial charge in [0, 0.05) is 0 Å². The fraction of sp³-hybridized carbons (Fsp3) is 0.833. The number of aliphatic carboxylic acids is 1. The molecule has 2 aliphatic rings. The van der Waals surface area contributed by atoms with Crippen LogP contribution in [0.25, 0.3) is 0 Å². The zero-order valence-corrected chi connectivity index (χ0v) is 12.9. The Labute approximate surface area is 123 Å². The molecule has 1 atom stereocenters. The average molecular weight is 278 g/mol. The summed E-state index contributed by atoms with van der Waals surface area (Å²) in [5.41, 5.74) is 0. The first kappa shape index (κ1) is 15.6. The van der Waals surface area contributed by atoms with E-state index in [0.717, 1.165) is 30.6 Å². The largest absolute Gasteiger partial charge is 0.481 e. The van der Waals surface area contributed by atoms with E-state index in [-0.39, 0.29) is 5.92 Å². The molecule has 0 aliphatic heterocycles. The minimum atomic E-state index is -0.625. The smallest absolute Gasteiger partial charge is 0.307 e. The van der Waals surface area contributed by atoms with E-state index in [4.69, 9.17) is 0 Å². The fourth-order valence-electron chi connectivity index (χ4n) is 4.45. The van der Waals surface area contributed by atoms with Gasteiger partial charge in [0.25, 0.3) is 0 Å². The maximum Gasteiger partial charge on any atom is 0.307 e. The van der Waals surface area contributed by atoms with Crippen LogP contribution in [0.3, 0.4) is 0 Å². The van der Waals surface area contributed by atoms with Crippen LogP contribution in [-0.2, 0) is 4.79 Å². The lowest BCUT2D eigenvalue weighted by Gasteiger charge is -2.38. The van der Waals surface area contributed by atoms with Crippen LogP contribution in [0, 0.1) is 29.6 Å². The number of carbonyl (C=O) groups is 1. The molecule has 0 amide bonds. The highest BCUT2D eigenvalue weighted by molar-refractivity contribution is 5.70. The van der Waals surface area contributed by atoms with Gasteiger partial charge in [-0.25, -0.2) is 0 Å². The van der Waals surface area contributed by atoms with Gasteiger partial charge in [0.05, 0.1) is 5.92 Å². The van der Waals surface area contributed by atoms with Crippen LogP contribution < -0.4 is 0 Å². The molecule has 0 aromatic heterocycles. The summed E-state index contributed by atoms with van der Waals surface area (Å²) in [6.07, 6.45) is 12.8. The number of hydrogen-bond acceptors (Lipinski definition) is 1. The Bertz CT molecular complexity index is 320. The molecule has 0 aromatic rings. The molecule has 0 heterocycles. The lowest BCUT2D eigenvalue weighted by Crippen LogP contribution is -2.30. The van der Waals surface area contributed by atoms with Crippen LogP contribution in [0.4, 0.5) is 0 Å². The zero-order valence-electron chi connectivity index (χ0n) is 12.9. The third-order valence-corrected chi connectivity index (χ3v) is 5.85. The molecule has 2 fully saturated rings. The Morgan fingerprint density at radius 1 is 1.10 bits per heavy atom. The number of carboxylic acids is 1. The molecule has 0 bridgehead atoms. The number of rotatable bonds is 5. The van der Waals surface area contributed by atoms with Crippen molar-refractivity contribution >= 4 is 5.97 Å². The summed E-state index contributed by atoms with van der Waals surface area (Å²) >= 11 is 0. The number of allylic oxidation sites excluding steroid dienone is 1. The van der Waals surface area contributed by atoms with Crippen molar-refractivity contribution in [3.05, 3.63) is 12.7 Å². The minimum Gasteiger partial charge on any atom is -0.481 e. The lowest BCUT2D eigenvalue weighted by atomic mass is 9.67. The molecule has 2 heteroatoms. The molecule has 20 heavy (non-hydrogen) atoms. The van der Waals surface area contributed by atoms with Crippen LogP contribution >= 0.6 is 0 Å². The molecular weight excluding hydrogens is 248 g/mol. The minimum absolute atomic E-state index is 0.195. The zero-order chi connectivity index (χ0) is 14.5. The fourth-order valence-corrected chi connectivity index (χ4v) is 4.45. The van der Waals surface area contributed by atoms with Crippen molar-refractivity contribution in [2.75, 3.05) is 0 Å². The van der Waals surface area contributed by atoms with E-state index in [9.17, 15) is 9.90 Å². The van der Waals surface area contributed by atoms with Crippen LogP contribution in [0.5, 0.6) is 0 Å². The van der Waals surface area contributed by atoms with Crippen molar-refractivity contribution in [2.45, 2.75) is 64.7 Å². The molecular formula is C18H30O2. The summed E-state index contributed by atoms with van der Waals surface area (Å²) < 4.78 is 0. The van der Waals surface area contributed by atoms with E-state index in [1.807, 2.05) is 0 Å². The highest BCUT2D eigenvalue weighted by Gasteiger charge is 2.34. The Morgan fingerprint density at radius 2 is 1.60 bits per heavy atom. The summed E-state index contributed by atoms with van der Waals surface area (Å²) in [6.45, 7) is 6.08. The van der Waals surface area contributed by atoms with Gasteiger partial charge < -0.3 is 5.11 Å². The van der Waals surface area contributed by atoms with Crippen molar-refractivity contribution in [1.82, 2.24) is 0 Å². The van der Waals surface area contributed by atoms with E-state index >= 15 is 0 Å². The molecule has 2 nitrogen and oxygen atoms in total. The summed E-state index contributed by atoms with van der Waals surface area (Å²) in [4.78, 5) is 11.4. The van der Waals surface area contributed by atoms with E-state index in [1.165, 1.54) is 38.5 Å². The van der Waals surface area contributed by atoms with E-state index < -0.39 is 5.97 Å². The van der Waals surface area contributed by atoms with Gasteiger partial charge in [0.15, 0.2) is 0 Å². The van der Waals surface area contributed by atoms with Gasteiger partial charge in [-0.1, -0.05) is 25.8 Å². The molecule has 2 rings (SSSR count). The molecule has 0 spiro atoms. The van der Waals surface area contributed by atoms with Crippen molar-refractivity contribution in [2.24, 2.45) is 29.6 Å². The van der Waals surface area contributed by atoms with Gasteiger partial charge >= 0.3 is 5.97 Å². The second-order valence-electron chi connectivity index (χ2n) is 7.16. The van der Waals surface area contributed by atoms with E-state index in [0.29, 0.717) is 12.3 Å². The van der Waals surface area contributed by atoms with Crippen molar-refractivity contribution < 1.29 is 9.90 Å². The van der Waals surface area contributed by atoms with Crippen molar-refractivity contribution in [1.29, 1.82) is 0 Å². The van der Waals surface area contributed by atoms with Gasteiger partial charge in [-0.05, 0) is 68.6 Å². The summed E-state index contributed by atoms with van der Waals surface area (Å²) in [5.74, 6) is 2.28. The maximum atomic E-state index is 11.4. The van der Waals surface area contributed by atoms with E-state index in [2.05, 4.69) is 13.5 Å². The van der Waals surface area contributed by atoms with Crippen molar-refractivity contribution in [3.63, 3.8) is 0 Å². The van der Waals surface area contributed by atoms with Crippen molar-refractivity contribution in [3.8, 4) is 0 Å². The highest BCUT2D eigenvalue weighted by Crippen LogP contribution is 2.43. The van der Waals surface area contributed by atoms with Gasteiger partial charge in [-0.15, -0.1) is 6.58 Å². The SMILES string of the molecule is C=CCC(C(=O)O)C1CCC(C2CCC(C)CC2)CC1. The second kappa shape index (κ2) is 7.28. The normalized spacial score (nSPS) is 36.2. The predicted octanol–water partition coefficient (Wildman–Crippen LogP) is 4.90. The number of carboxylic acid groups (broad SMARTS) is 1. The maximum absolute atomic E-state index is 11.4. The molecule has 2 aliphatic carbocycles. The molecule has 0 saturated heterocycles. The first-order chi connectivity index (χ1) is 9.61. The molecule has 2 saturated carbocycles. The van der Waals surface area contributed by atoms with E-state index in [1.54, 1.807) is 6.08 Å². The Balaban J connectivity index is 1.82. The van der Waals surface area contributed by atoms with Crippen LogP contribution in [0.15, 0.2) is 12.7 Å². The first-order valence-electron chi connectivity index (χ1n) is 8.45. The summed E-state index contributed by atoms with van der Waals surface area (Å²) in [7, 11) is 0. The molecule has 1 unspecified atom stereocenters. The average Bonchev–Trinajstić information content (AvgIpc) is 2.45. The highest BCUT2D eigenvalue weighted by atomic mass is 16.4. The standard InChI is InChI=1S/C18H30O2/c1-3-4-17(18(19)20)16-11-9-15(10-12-16)14-7-5-13(2)6-8-14/h3,13-17H,1,4-12H2,2H3,(H,19,20). The van der Waals surface area contributed by atoms with Gasteiger partial charge in [-0.2, -0.15) is 0 Å². The Morgan fingerprint density at radius 3 is 2.05 bits per heavy atom. The lowest BCUT2D eigenvalue weighted by molar-refractivity contribution is -0.144. The quantitative estimate of drug-likeness (QED) is 0.726. The van der Waals surface area contributed by atoms with Crippen LogP contribution in [-0.4, -0.2) is 11.1 Å².